The first-order valence-electron chi connectivity index (χ1n) is 8.03. The van der Waals surface area contributed by atoms with E-state index in [4.69, 9.17) is 11.6 Å². The monoisotopic (exact) mass is 385 g/mol. The van der Waals surface area contributed by atoms with E-state index in [0.717, 1.165) is 0 Å². The van der Waals surface area contributed by atoms with Crippen LogP contribution >= 0.6 is 11.6 Å². The van der Waals surface area contributed by atoms with Crippen LogP contribution in [0.2, 0.25) is 5.02 Å². The van der Waals surface area contributed by atoms with Crippen molar-refractivity contribution >= 4 is 41.3 Å². The molecule has 0 aliphatic carbocycles. The summed E-state index contributed by atoms with van der Waals surface area (Å²) in [6.07, 6.45) is 1.26. The maximum absolute atomic E-state index is 12.1. The van der Waals surface area contributed by atoms with Crippen LogP contribution in [0.3, 0.4) is 0 Å². The van der Waals surface area contributed by atoms with Crippen LogP contribution in [0.4, 0.5) is 5.69 Å². The van der Waals surface area contributed by atoms with Gasteiger partial charge in [-0.1, -0.05) is 35.9 Å². The first kappa shape index (κ1) is 18.4. The van der Waals surface area contributed by atoms with E-state index in [2.05, 4.69) is 26.2 Å². The van der Waals surface area contributed by atoms with Crippen molar-refractivity contribution < 1.29 is 14.7 Å². The van der Waals surface area contributed by atoms with E-state index in [1.165, 1.54) is 12.3 Å². The molecular formula is C18H16ClN5O3. The Hall–Kier alpha value is -3.39. The molecule has 8 nitrogen and oxygen atoms in total. The maximum Gasteiger partial charge on any atom is 0.252 e. The zero-order valence-electron chi connectivity index (χ0n) is 14.0. The molecule has 1 unspecified atom stereocenters. The van der Waals surface area contributed by atoms with Gasteiger partial charge < -0.3 is 10.4 Å². The van der Waals surface area contributed by atoms with Gasteiger partial charge in [0, 0.05) is 5.56 Å². The number of halogens is 1. The predicted octanol–water partition coefficient (Wildman–Crippen LogP) is 1.85. The number of hydrogen-bond acceptors (Lipinski definition) is 6. The minimum absolute atomic E-state index is 0.0783. The molecule has 1 aliphatic heterocycles. The fourth-order valence-electron chi connectivity index (χ4n) is 2.34. The molecular weight excluding hydrogens is 370 g/mol. The molecule has 1 heterocycles. The lowest BCUT2D eigenvalue weighted by atomic mass is 10.2. The van der Waals surface area contributed by atoms with E-state index in [9.17, 15) is 14.7 Å². The molecule has 0 saturated carbocycles. The van der Waals surface area contributed by atoms with Gasteiger partial charge in [-0.05, 0) is 24.3 Å². The number of benzene rings is 2. The fraction of sp³-hybridized carbons (Fsp3) is 0.111. The number of para-hydroxylation sites is 2. The smallest absolute Gasteiger partial charge is 0.252 e. The van der Waals surface area contributed by atoms with Crippen LogP contribution in [0, 0.1) is 0 Å². The average Bonchev–Trinajstić information content (AvgIpc) is 2.98. The number of hydrogen-bond donors (Lipinski definition) is 4. The second-order valence-corrected chi connectivity index (χ2v) is 6.05. The molecule has 1 aliphatic rings. The first-order chi connectivity index (χ1) is 13.0. The number of aliphatic imine (C=N–C) groups is 1. The molecule has 2 aromatic carbocycles. The zero-order valence-corrected chi connectivity index (χ0v) is 14.8. The van der Waals surface area contributed by atoms with E-state index < -0.39 is 11.9 Å². The molecule has 2 amide bonds. The van der Waals surface area contributed by atoms with Crippen molar-refractivity contribution in [2.24, 2.45) is 10.1 Å². The van der Waals surface area contributed by atoms with Gasteiger partial charge in [-0.2, -0.15) is 5.10 Å². The highest BCUT2D eigenvalue weighted by Gasteiger charge is 2.28. The van der Waals surface area contributed by atoms with Gasteiger partial charge in [0.1, 0.15) is 11.8 Å². The summed E-state index contributed by atoms with van der Waals surface area (Å²) in [5.41, 5.74) is 3.55. The van der Waals surface area contributed by atoms with Crippen molar-refractivity contribution in [1.29, 1.82) is 0 Å². The Kier molecular flexibility index (Phi) is 5.68. The van der Waals surface area contributed by atoms with Crippen LogP contribution in [0.25, 0.3) is 0 Å². The highest BCUT2D eigenvalue weighted by atomic mass is 35.5. The number of carbonyl (C=O) groups excluding carboxylic acids is 2. The SMILES string of the molecule is O=C(CC1N=C(NN=Cc2ccccc2O)NC1=O)Nc1ccccc1Cl. The maximum atomic E-state index is 12.1. The molecule has 27 heavy (non-hydrogen) atoms. The molecule has 0 aromatic heterocycles. The van der Waals surface area contributed by atoms with Crippen molar-refractivity contribution in [3.05, 3.63) is 59.1 Å². The van der Waals surface area contributed by atoms with Gasteiger partial charge in [0.05, 0.1) is 23.3 Å². The van der Waals surface area contributed by atoms with Gasteiger partial charge >= 0.3 is 0 Å². The molecule has 138 valence electrons. The average molecular weight is 386 g/mol. The molecule has 9 heteroatoms. The summed E-state index contributed by atoms with van der Waals surface area (Å²) in [7, 11) is 0. The molecule has 0 saturated heterocycles. The number of anilines is 1. The van der Waals surface area contributed by atoms with E-state index in [1.807, 2.05) is 0 Å². The number of aromatic hydroxyl groups is 1. The summed E-state index contributed by atoms with van der Waals surface area (Å²) >= 11 is 5.99. The minimum Gasteiger partial charge on any atom is -0.507 e. The van der Waals surface area contributed by atoms with Crippen molar-refractivity contribution in [2.75, 3.05) is 5.32 Å². The van der Waals surface area contributed by atoms with Gasteiger partial charge in [-0.25, -0.2) is 10.4 Å². The lowest BCUT2D eigenvalue weighted by Crippen LogP contribution is -2.35. The highest BCUT2D eigenvalue weighted by molar-refractivity contribution is 6.33. The summed E-state index contributed by atoms with van der Waals surface area (Å²) in [5, 5.41) is 19.1. The molecule has 0 spiro atoms. The Balaban J connectivity index is 1.57. The Morgan fingerprint density at radius 2 is 2.00 bits per heavy atom. The van der Waals surface area contributed by atoms with Crippen molar-refractivity contribution in [1.82, 2.24) is 10.7 Å². The zero-order chi connectivity index (χ0) is 19.2. The second-order valence-electron chi connectivity index (χ2n) is 5.64. The number of phenolic OH excluding ortho intramolecular Hbond substituents is 1. The summed E-state index contributed by atoms with van der Waals surface area (Å²) in [6, 6.07) is 12.6. The normalized spacial score (nSPS) is 16.1. The van der Waals surface area contributed by atoms with Crippen LogP contribution in [-0.2, 0) is 9.59 Å². The summed E-state index contributed by atoms with van der Waals surface area (Å²) < 4.78 is 0. The molecule has 4 N–H and O–H groups in total. The number of phenols is 1. The Morgan fingerprint density at radius 3 is 2.78 bits per heavy atom. The van der Waals surface area contributed by atoms with Crippen LogP contribution in [0.5, 0.6) is 5.75 Å². The highest BCUT2D eigenvalue weighted by Crippen LogP contribution is 2.21. The number of rotatable bonds is 5. The van der Waals surface area contributed by atoms with Crippen molar-refractivity contribution in [2.45, 2.75) is 12.5 Å². The Morgan fingerprint density at radius 1 is 1.26 bits per heavy atom. The largest absolute Gasteiger partial charge is 0.507 e. The lowest BCUT2D eigenvalue weighted by Gasteiger charge is -2.08. The molecule has 0 bridgehead atoms. The Bertz CT molecular complexity index is 929. The quantitative estimate of drug-likeness (QED) is 0.464. The first-order valence-corrected chi connectivity index (χ1v) is 8.41. The number of hydrazone groups is 1. The summed E-state index contributed by atoms with van der Waals surface area (Å²) in [5.74, 6) is -0.590. The standard InChI is InChI=1S/C18H16ClN5O3/c19-12-6-2-3-7-13(12)21-16(26)9-14-17(27)23-18(22-14)24-20-10-11-5-1-4-8-15(11)25/h1-8,10,14,25H,9H2,(H,21,26)(H2,22,23,24,27). The molecule has 0 radical (unpaired) electrons. The van der Waals surface area contributed by atoms with Gasteiger partial charge in [-0.15, -0.1) is 0 Å². The molecule has 1 atom stereocenters. The van der Waals surface area contributed by atoms with Gasteiger partial charge in [0.15, 0.2) is 0 Å². The van der Waals surface area contributed by atoms with E-state index in [-0.39, 0.29) is 24.0 Å². The number of nitrogens with zero attached hydrogens (tertiary/aromatic N) is 2. The van der Waals surface area contributed by atoms with E-state index in [1.54, 1.807) is 42.5 Å². The minimum atomic E-state index is -0.865. The van der Waals surface area contributed by atoms with E-state index >= 15 is 0 Å². The number of guanidine groups is 1. The third-order valence-electron chi connectivity index (χ3n) is 3.67. The summed E-state index contributed by atoms with van der Waals surface area (Å²) in [6.45, 7) is 0. The van der Waals surface area contributed by atoms with Gasteiger partial charge in [-0.3, -0.25) is 14.9 Å². The van der Waals surface area contributed by atoms with Crippen LogP contribution in [0.1, 0.15) is 12.0 Å². The number of carbonyl (C=O) groups is 2. The second kappa shape index (κ2) is 8.33. The predicted molar refractivity (Wildman–Crippen MR) is 103 cm³/mol. The van der Waals surface area contributed by atoms with Gasteiger partial charge in [0.2, 0.25) is 11.9 Å². The Labute approximate surface area is 160 Å². The topological polar surface area (TPSA) is 115 Å². The molecule has 0 fully saturated rings. The third kappa shape index (κ3) is 4.83. The van der Waals surface area contributed by atoms with Crippen molar-refractivity contribution in [3.63, 3.8) is 0 Å². The van der Waals surface area contributed by atoms with Crippen LogP contribution < -0.4 is 16.1 Å². The van der Waals surface area contributed by atoms with Gasteiger partial charge in [0.25, 0.3) is 5.91 Å². The molecule has 2 aromatic rings. The summed E-state index contributed by atoms with van der Waals surface area (Å²) in [4.78, 5) is 28.2. The van der Waals surface area contributed by atoms with Crippen molar-refractivity contribution in [3.8, 4) is 5.75 Å². The number of amides is 2. The lowest BCUT2D eigenvalue weighted by molar-refractivity contribution is -0.123. The fourth-order valence-corrected chi connectivity index (χ4v) is 2.52. The number of nitrogens with one attached hydrogen (secondary N) is 3. The third-order valence-corrected chi connectivity index (χ3v) is 4.00. The van der Waals surface area contributed by atoms with E-state index in [0.29, 0.717) is 16.3 Å². The molecule has 3 rings (SSSR count). The van der Waals surface area contributed by atoms with Crippen LogP contribution in [0.15, 0.2) is 58.6 Å². The van der Waals surface area contributed by atoms with Crippen LogP contribution in [-0.4, -0.2) is 35.1 Å².